The van der Waals surface area contributed by atoms with E-state index >= 15 is 0 Å². The summed E-state index contributed by atoms with van der Waals surface area (Å²) in [5.41, 5.74) is 0.696. The van der Waals surface area contributed by atoms with E-state index in [0.717, 1.165) is 50.5 Å². The molecule has 1 aliphatic heterocycles. The van der Waals surface area contributed by atoms with Crippen LogP contribution >= 0.6 is 23.2 Å². The monoisotopic (exact) mass is 477 g/mol. The number of aromatic nitrogens is 4. The number of hydrogen-bond acceptors (Lipinski definition) is 5. The summed E-state index contributed by atoms with van der Waals surface area (Å²) in [6, 6.07) is 5.54. The van der Waals surface area contributed by atoms with Crippen LogP contribution in [0, 0.1) is 5.41 Å². The molecule has 1 aromatic carbocycles. The normalized spacial score (nSPS) is 21.2. The first kappa shape index (κ1) is 23.7. The van der Waals surface area contributed by atoms with E-state index in [4.69, 9.17) is 27.9 Å². The van der Waals surface area contributed by atoms with E-state index < -0.39 is 0 Å². The van der Waals surface area contributed by atoms with Crippen molar-refractivity contribution < 1.29 is 4.74 Å². The van der Waals surface area contributed by atoms with Crippen LogP contribution in [0.5, 0.6) is 0 Å². The van der Waals surface area contributed by atoms with Crippen molar-refractivity contribution in [2.24, 2.45) is 5.41 Å². The Hall–Kier alpha value is -1.47. The topological polar surface area (TPSA) is 56.1 Å². The molecule has 8 heteroatoms. The number of nitrogens with zero attached hydrogens (tertiary/aromatic N) is 5. The number of allylic oxidation sites excluding steroid dienone is 1. The first-order valence-electron chi connectivity index (χ1n) is 11.6. The Labute approximate surface area is 200 Å². The lowest BCUT2D eigenvalue weighted by molar-refractivity contribution is -0.0470. The lowest BCUT2D eigenvalue weighted by atomic mass is 9.78. The van der Waals surface area contributed by atoms with Crippen molar-refractivity contribution >= 4 is 29.3 Å². The Morgan fingerprint density at radius 1 is 1.09 bits per heavy atom. The maximum atomic E-state index is 6.43. The molecule has 0 amide bonds. The summed E-state index contributed by atoms with van der Waals surface area (Å²) < 4.78 is 7.72. The highest BCUT2D eigenvalue weighted by molar-refractivity contribution is 6.35. The molecule has 2 fully saturated rings. The number of tetrazole rings is 1. The largest absolute Gasteiger partial charge is 0.379 e. The molecule has 2 heterocycles. The Morgan fingerprint density at radius 2 is 1.81 bits per heavy atom. The zero-order valence-electron chi connectivity index (χ0n) is 19.2. The average molecular weight is 478 g/mol. The second-order valence-electron chi connectivity index (χ2n) is 9.97. The second-order valence-corrected chi connectivity index (χ2v) is 10.8. The Balaban J connectivity index is 1.74. The van der Waals surface area contributed by atoms with Gasteiger partial charge in [0, 0.05) is 23.1 Å². The van der Waals surface area contributed by atoms with E-state index in [9.17, 15) is 0 Å². The molecule has 2 aromatic rings. The van der Waals surface area contributed by atoms with Gasteiger partial charge in [0.15, 0.2) is 5.82 Å². The number of halogens is 2. The van der Waals surface area contributed by atoms with Gasteiger partial charge in [-0.1, -0.05) is 81.5 Å². The second kappa shape index (κ2) is 9.80. The van der Waals surface area contributed by atoms with Crippen LogP contribution in [0.2, 0.25) is 10.0 Å². The summed E-state index contributed by atoms with van der Waals surface area (Å²) in [5.74, 6) is 0.978. The third kappa shape index (κ3) is 4.89. The number of rotatable bonds is 5. The molecule has 1 aliphatic carbocycles. The van der Waals surface area contributed by atoms with Gasteiger partial charge >= 0.3 is 0 Å². The molecule has 32 heavy (non-hydrogen) atoms. The number of morpholine rings is 1. The van der Waals surface area contributed by atoms with Crippen LogP contribution < -0.4 is 0 Å². The van der Waals surface area contributed by atoms with E-state index in [1.165, 1.54) is 19.3 Å². The fourth-order valence-electron chi connectivity index (χ4n) is 5.07. The summed E-state index contributed by atoms with van der Waals surface area (Å²) in [6.07, 6.45) is 10.0. The lowest BCUT2D eigenvalue weighted by Gasteiger charge is -2.47. The first-order chi connectivity index (χ1) is 15.3. The molecule has 1 atom stereocenters. The molecule has 1 unspecified atom stereocenters. The lowest BCUT2D eigenvalue weighted by Crippen LogP contribution is -2.54. The van der Waals surface area contributed by atoms with Crippen molar-refractivity contribution in [3.05, 3.63) is 45.7 Å². The van der Waals surface area contributed by atoms with Crippen LogP contribution in [-0.4, -0.2) is 51.4 Å². The predicted molar refractivity (Wildman–Crippen MR) is 129 cm³/mol. The van der Waals surface area contributed by atoms with Crippen molar-refractivity contribution in [1.29, 1.82) is 0 Å². The Morgan fingerprint density at radius 3 is 2.47 bits per heavy atom. The van der Waals surface area contributed by atoms with E-state index in [1.807, 2.05) is 12.1 Å². The van der Waals surface area contributed by atoms with Crippen LogP contribution in [0.4, 0.5) is 0 Å². The highest BCUT2D eigenvalue weighted by Crippen LogP contribution is 2.44. The van der Waals surface area contributed by atoms with Crippen molar-refractivity contribution in [2.45, 2.75) is 64.5 Å². The Kier molecular flexibility index (Phi) is 7.25. The Bertz CT molecular complexity index is 940. The minimum absolute atomic E-state index is 0.0286. The average Bonchev–Trinajstić information content (AvgIpc) is 3.25. The van der Waals surface area contributed by atoms with E-state index in [-0.39, 0.29) is 17.0 Å². The quantitative estimate of drug-likeness (QED) is 0.546. The molecule has 6 nitrogen and oxygen atoms in total. The minimum Gasteiger partial charge on any atom is -0.379 e. The van der Waals surface area contributed by atoms with Gasteiger partial charge in [-0.05, 0) is 46.4 Å². The molecule has 1 saturated heterocycles. The number of hydrogen-bond donors (Lipinski definition) is 0. The molecule has 0 spiro atoms. The third-order valence-corrected chi connectivity index (χ3v) is 7.34. The van der Waals surface area contributed by atoms with Crippen LogP contribution in [0.25, 0.3) is 6.08 Å². The van der Waals surface area contributed by atoms with Gasteiger partial charge in [-0.25, -0.2) is 4.68 Å². The van der Waals surface area contributed by atoms with Gasteiger partial charge in [0.2, 0.25) is 0 Å². The summed E-state index contributed by atoms with van der Waals surface area (Å²) in [5, 5.41) is 14.6. The van der Waals surface area contributed by atoms with Gasteiger partial charge in [-0.3, -0.25) is 4.90 Å². The first-order valence-corrected chi connectivity index (χ1v) is 12.3. The maximum absolute atomic E-state index is 6.43. The minimum atomic E-state index is -0.138. The highest BCUT2D eigenvalue weighted by Gasteiger charge is 2.45. The smallest absolute Gasteiger partial charge is 0.172 e. The molecule has 4 rings (SSSR count). The van der Waals surface area contributed by atoms with Gasteiger partial charge in [-0.15, -0.1) is 5.10 Å². The third-order valence-electron chi connectivity index (χ3n) is 6.78. The zero-order valence-corrected chi connectivity index (χ0v) is 20.7. The number of ether oxygens (including phenoxy) is 1. The highest BCUT2D eigenvalue weighted by atomic mass is 35.5. The molecule has 2 aliphatic rings. The van der Waals surface area contributed by atoms with E-state index in [0.29, 0.717) is 10.0 Å². The molecule has 1 saturated carbocycles. The fourth-order valence-corrected chi connectivity index (χ4v) is 5.54. The summed E-state index contributed by atoms with van der Waals surface area (Å²) >= 11 is 12.5. The summed E-state index contributed by atoms with van der Waals surface area (Å²) in [7, 11) is 0. The van der Waals surface area contributed by atoms with E-state index in [2.05, 4.69) is 58.0 Å². The molecule has 0 N–H and O–H groups in total. The van der Waals surface area contributed by atoms with Crippen LogP contribution in [0.3, 0.4) is 0 Å². The molecule has 1 aromatic heterocycles. The molecule has 0 bridgehead atoms. The van der Waals surface area contributed by atoms with Crippen molar-refractivity contribution in [2.75, 3.05) is 26.3 Å². The van der Waals surface area contributed by atoms with Gasteiger partial charge in [0.05, 0.1) is 24.8 Å². The predicted octanol–water partition coefficient (Wildman–Crippen LogP) is 5.77. The molecular formula is C24H33Cl2N5O. The van der Waals surface area contributed by atoms with Crippen LogP contribution in [-0.2, 0) is 10.3 Å². The summed E-state index contributed by atoms with van der Waals surface area (Å²) in [6.45, 7) is 10.0. The van der Waals surface area contributed by atoms with Crippen LogP contribution in [0.1, 0.15) is 70.3 Å². The van der Waals surface area contributed by atoms with Gasteiger partial charge in [0.1, 0.15) is 0 Å². The maximum Gasteiger partial charge on any atom is 0.172 e. The van der Waals surface area contributed by atoms with Gasteiger partial charge < -0.3 is 4.74 Å². The SMILES string of the molecule is CC(C)(C)C(C=Cc1ccc(Cl)cc1Cl)n1nnnc1C1(N2CCOCC2)CCCCC1. The van der Waals surface area contributed by atoms with Gasteiger partial charge in [0.25, 0.3) is 0 Å². The standard InChI is InChI=1S/C24H33Cl2N5O/c1-23(2,3)21(10-8-18-7-9-19(25)17-20(18)26)31-22(27-28-29-31)24(11-5-4-6-12-24)30-13-15-32-16-14-30/h7-10,17,21H,4-6,11-16H2,1-3H3. The fraction of sp³-hybridized carbons (Fsp3) is 0.625. The molecule has 174 valence electrons. The summed E-state index contributed by atoms with van der Waals surface area (Å²) in [4.78, 5) is 2.57. The molecule has 0 radical (unpaired) electrons. The molecular weight excluding hydrogens is 445 g/mol. The van der Waals surface area contributed by atoms with E-state index in [1.54, 1.807) is 6.07 Å². The van der Waals surface area contributed by atoms with Gasteiger partial charge in [-0.2, -0.15) is 0 Å². The van der Waals surface area contributed by atoms with Crippen molar-refractivity contribution in [3.8, 4) is 0 Å². The van der Waals surface area contributed by atoms with Crippen molar-refractivity contribution in [3.63, 3.8) is 0 Å². The number of benzene rings is 1. The van der Waals surface area contributed by atoms with Crippen molar-refractivity contribution in [1.82, 2.24) is 25.1 Å². The van der Waals surface area contributed by atoms with Crippen LogP contribution in [0.15, 0.2) is 24.3 Å². The zero-order chi connectivity index (χ0) is 22.8.